The van der Waals surface area contributed by atoms with Gasteiger partial charge >= 0.3 is 0 Å². The van der Waals surface area contributed by atoms with Gasteiger partial charge in [-0.25, -0.2) is 9.97 Å². The zero-order valence-corrected chi connectivity index (χ0v) is 12.4. The Kier molecular flexibility index (Phi) is 4.93. The predicted octanol–water partition coefficient (Wildman–Crippen LogP) is 3.53. The maximum absolute atomic E-state index is 4.32. The van der Waals surface area contributed by atoms with Crippen LogP contribution in [0.2, 0.25) is 0 Å². The van der Waals surface area contributed by atoms with Crippen LogP contribution in [-0.2, 0) is 6.54 Å². The summed E-state index contributed by atoms with van der Waals surface area (Å²) in [5.74, 6) is 1.80. The van der Waals surface area contributed by atoms with Crippen molar-refractivity contribution in [1.82, 2.24) is 9.97 Å². The Bertz CT molecular complexity index is 566. The van der Waals surface area contributed by atoms with Crippen LogP contribution in [0.1, 0.15) is 30.0 Å². The van der Waals surface area contributed by atoms with Gasteiger partial charge in [-0.1, -0.05) is 36.8 Å². The van der Waals surface area contributed by atoms with E-state index in [4.69, 9.17) is 0 Å². The zero-order chi connectivity index (χ0) is 14.4. The highest BCUT2D eigenvalue weighted by molar-refractivity contribution is 5.56. The molecule has 1 heterocycles. The molecule has 2 aromatic rings. The largest absolute Gasteiger partial charge is 0.370 e. The molecule has 0 spiro atoms. The molecule has 0 aliphatic heterocycles. The Labute approximate surface area is 120 Å². The monoisotopic (exact) mass is 270 g/mol. The second kappa shape index (κ2) is 6.89. The number of anilines is 2. The molecule has 1 aromatic carbocycles. The van der Waals surface area contributed by atoms with Crippen LogP contribution in [0, 0.1) is 13.8 Å². The van der Waals surface area contributed by atoms with E-state index in [-0.39, 0.29) is 0 Å². The van der Waals surface area contributed by atoms with Gasteiger partial charge in [0.25, 0.3) is 0 Å². The summed E-state index contributed by atoms with van der Waals surface area (Å²) in [4.78, 5) is 8.61. The van der Waals surface area contributed by atoms with Gasteiger partial charge in [0.1, 0.15) is 18.0 Å². The third-order valence-corrected chi connectivity index (χ3v) is 3.17. The maximum atomic E-state index is 4.32. The lowest BCUT2D eigenvalue weighted by Gasteiger charge is -2.12. The van der Waals surface area contributed by atoms with Gasteiger partial charge in [0, 0.05) is 18.7 Å². The second-order valence-corrected chi connectivity index (χ2v) is 4.97. The van der Waals surface area contributed by atoms with Gasteiger partial charge in [0.2, 0.25) is 0 Å². The number of aromatic nitrogens is 2. The molecule has 0 atom stereocenters. The molecular formula is C16H22N4. The zero-order valence-electron chi connectivity index (χ0n) is 12.4. The van der Waals surface area contributed by atoms with Crippen LogP contribution in [0.5, 0.6) is 0 Å². The predicted molar refractivity (Wildman–Crippen MR) is 84.1 cm³/mol. The number of hydrogen-bond donors (Lipinski definition) is 2. The molecule has 4 nitrogen and oxygen atoms in total. The molecule has 0 unspecified atom stereocenters. The maximum Gasteiger partial charge on any atom is 0.134 e. The molecule has 0 amide bonds. The summed E-state index contributed by atoms with van der Waals surface area (Å²) in [6, 6.07) is 8.48. The number of nitrogens with zero attached hydrogens (tertiary/aromatic N) is 2. The first kappa shape index (κ1) is 14.3. The highest BCUT2D eigenvalue weighted by Crippen LogP contribution is 2.19. The minimum Gasteiger partial charge on any atom is -0.370 e. The third kappa shape index (κ3) is 3.70. The summed E-state index contributed by atoms with van der Waals surface area (Å²) in [7, 11) is 0. The van der Waals surface area contributed by atoms with Crippen molar-refractivity contribution in [3.63, 3.8) is 0 Å². The minimum absolute atomic E-state index is 0.771. The van der Waals surface area contributed by atoms with Gasteiger partial charge in [0.05, 0.1) is 0 Å². The standard InChI is InChI=1S/C16H22N4/c1-4-8-17-15-13(3)16(20-11-19-15)18-10-14-7-5-6-12(2)9-14/h5-7,9,11H,4,8,10H2,1-3H3,(H2,17,18,19,20). The van der Waals surface area contributed by atoms with Crippen LogP contribution < -0.4 is 10.6 Å². The van der Waals surface area contributed by atoms with E-state index in [1.807, 2.05) is 6.92 Å². The molecule has 2 N–H and O–H groups in total. The summed E-state index contributed by atoms with van der Waals surface area (Å²) < 4.78 is 0. The number of hydrogen-bond acceptors (Lipinski definition) is 4. The highest BCUT2D eigenvalue weighted by Gasteiger charge is 2.06. The molecule has 1 aromatic heterocycles. The van der Waals surface area contributed by atoms with Gasteiger partial charge in [-0.3, -0.25) is 0 Å². The molecule has 0 saturated carbocycles. The SMILES string of the molecule is CCCNc1ncnc(NCc2cccc(C)c2)c1C. The first-order valence-electron chi connectivity index (χ1n) is 7.05. The number of nitrogens with one attached hydrogen (secondary N) is 2. The summed E-state index contributed by atoms with van der Waals surface area (Å²) in [5.41, 5.74) is 3.59. The van der Waals surface area contributed by atoms with Crippen molar-refractivity contribution >= 4 is 11.6 Å². The van der Waals surface area contributed by atoms with Gasteiger partial charge in [0.15, 0.2) is 0 Å². The average Bonchev–Trinajstić information content (AvgIpc) is 2.45. The van der Waals surface area contributed by atoms with Gasteiger partial charge in [-0.05, 0) is 25.8 Å². The Morgan fingerprint density at radius 2 is 1.80 bits per heavy atom. The topological polar surface area (TPSA) is 49.8 Å². The van der Waals surface area contributed by atoms with Crippen LogP contribution in [0.4, 0.5) is 11.6 Å². The van der Waals surface area contributed by atoms with E-state index in [0.29, 0.717) is 0 Å². The summed E-state index contributed by atoms with van der Waals surface area (Å²) in [6.45, 7) is 7.98. The van der Waals surface area contributed by atoms with Gasteiger partial charge < -0.3 is 10.6 Å². The van der Waals surface area contributed by atoms with Crippen molar-refractivity contribution in [1.29, 1.82) is 0 Å². The fourth-order valence-corrected chi connectivity index (χ4v) is 2.06. The molecule has 20 heavy (non-hydrogen) atoms. The lowest BCUT2D eigenvalue weighted by Crippen LogP contribution is -2.09. The van der Waals surface area contributed by atoms with E-state index >= 15 is 0 Å². The fourth-order valence-electron chi connectivity index (χ4n) is 2.06. The van der Waals surface area contributed by atoms with Crippen molar-refractivity contribution in [3.8, 4) is 0 Å². The summed E-state index contributed by atoms with van der Waals surface area (Å²) >= 11 is 0. The van der Waals surface area contributed by atoms with Crippen molar-refractivity contribution in [2.24, 2.45) is 0 Å². The number of aryl methyl sites for hydroxylation is 1. The molecule has 0 aliphatic rings. The smallest absolute Gasteiger partial charge is 0.134 e. The quantitative estimate of drug-likeness (QED) is 0.843. The molecule has 0 bridgehead atoms. The van der Waals surface area contributed by atoms with Crippen LogP contribution >= 0.6 is 0 Å². The van der Waals surface area contributed by atoms with Crippen molar-refractivity contribution < 1.29 is 0 Å². The Morgan fingerprint density at radius 3 is 2.50 bits per heavy atom. The van der Waals surface area contributed by atoms with Crippen LogP contribution in [0.3, 0.4) is 0 Å². The van der Waals surface area contributed by atoms with Crippen molar-refractivity contribution in [2.75, 3.05) is 17.2 Å². The van der Waals surface area contributed by atoms with Crippen molar-refractivity contribution in [3.05, 3.63) is 47.3 Å². The van der Waals surface area contributed by atoms with E-state index in [1.54, 1.807) is 6.33 Å². The average molecular weight is 270 g/mol. The van der Waals surface area contributed by atoms with Gasteiger partial charge in [-0.2, -0.15) is 0 Å². The molecule has 0 aliphatic carbocycles. The summed E-state index contributed by atoms with van der Waals surface area (Å²) in [5, 5.41) is 6.70. The highest BCUT2D eigenvalue weighted by atomic mass is 15.1. The van der Waals surface area contributed by atoms with E-state index in [9.17, 15) is 0 Å². The molecular weight excluding hydrogens is 248 g/mol. The fraction of sp³-hybridized carbons (Fsp3) is 0.375. The molecule has 0 radical (unpaired) electrons. The second-order valence-electron chi connectivity index (χ2n) is 4.97. The normalized spacial score (nSPS) is 10.3. The lowest BCUT2D eigenvalue weighted by atomic mass is 10.1. The van der Waals surface area contributed by atoms with E-state index < -0.39 is 0 Å². The number of benzene rings is 1. The van der Waals surface area contributed by atoms with Crippen LogP contribution in [0.15, 0.2) is 30.6 Å². The van der Waals surface area contributed by atoms with Crippen molar-refractivity contribution in [2.45, 2.75) is 33.7 Å². The Hall–Kier alpha value is -2.10. The summed E-state index contributed by atoms with van der Waals surface area (Å²) in [6.07, 6.45) is 2.68. The first-order chi connectivity index (χ1) is 9.70. The molecule has 0 fully saturated rings. The van der Waals surface area contributed by atoms with Gasteiger partial charge in [-0.15, -0.1) is 0 Å². The third-order valence-electron chi connectivity index (χ3n) is 3.17. The lowest BCUT2D eigenvalue weighted by molar-refractivity contribution is 0.957. The van der Waals surface area contributed by atoms with Crippen LogP contribution in [-0.4, -0.2) is 16.5 Å². The molecule has 0 saturated heterocycles. The Morgan fingerprint density at radius 1 is 1.05 bits per heavy atom. The van der Waals surface area contributed by atoms with E-state index in [2.05, 4.69) is 58.7 Å². The molecule has 4 heteroatoms. The Balaban J connectivity index is 2.06. The minimum atomic E-state index is 0.771. The van der Waals surface area contributed by atoms with E-state index in [1.165, 1.54) is 11.1 Å². The van der Waals surface area contributed by atoms with E-state index in [0.717, 1.165) is 36.7 Å². The molecule has 2 rings (SSSR count). The first-order valence-corrected chi connectivity index (χ1v) is 7.05. The number of rotatable bonds is 6. The molecule has 106 valence electrons. The van der Waals surface area contributed by atoms with Crippen LogP contribution in [0.25, 0.3) is 0 Å².